The summed E-state index contributed by atoms with van der Waals surface area (Å²) in [5.74, 6) is -0.213. The molecule has 0 fully saturated rings. The van der Waals surface area contributed by atoms with Gasteiger partial charge in [-0.3, -0.25) is 4.79 Å². The smallest absolute Gasteiger partial charge is 0.395 e. The van der Waals surface area contributed by atoms with Crippen molar-refractivity contribution in [1.82, 2.24) is 4.98 Å². The van der Waals surface area contributed by atoms with Gasteiger partial charge in [0.05, 0.1) is 18.7 Å². The molecule has 5 nitrogen and oxygen atoms in total. The molecule has 0 unspecified atom stereocenters. The number of pyridine rings is 1. The van der Waals surface area contributed by atoms with Crippen LogP contribution in [0.25, 0.3) is 10.9 Å². The molecule has 7 heteroatoms. The molecule has 1 aromatic heterocycles. The summed E-state index contributed by atoms with van der Waals surface area (Å²) in [5.41, 5.74) is 1.54. The molecule has 0 aliphatic carbocycles. The molecule has 0 saturated carbocycles. The first-order chi connectivity index (χ1) is 9.53. The minimum atomic E-state index is -3.69. The Hall–Kier alpha value is -2.15. The van der Waals surface area contributed by atoms with E-state index in [-0.39, 0.29) is 28.9 Å². The molecule has 0 atom stereocenters. The number of nitrogens with one attached hydrogen (secondary N) is 1. The SMILES string of the molecule is O=c1c2c([nH]c3cc4c(cc13)OC(F)(F)O4)CCOC2. The van der Waals surface area contributed by atoms with Gasteiger partial charge in [-0.05, 0) is 6.07 Å². The Kier molecular flexibility index (Phi) is 2.15. The summed E-state index contributed by atoms with van der Waals surface area (Å²) in [6.45, 7) is 0.752. The van der Waals surface area contributed by atoms with E-state index in [1.54, 1.807) is 0 Å². The maximum Gasteiger partial charge on any atom is 0.586 e. The van der Waals surface area contributed by atoms with Gasteiger partial charge in [0.15, 0.2) is 16.9 Å². The van der Waals surface area contributed by atoms with Crippen LogP contribution in [0.5, 0.6) is 11.5 Å². The van der Waals surface area contributed by atoms with Crippen LogP contribution in [-0.4, -0.2) is 17.9 Å². The second kappa shape index (κ2) is 3.69. The molecular formula is C13H9F2NO4. The predicted molar refractivity (Wildman–Crippen MR) is 64.1 cm³/mol. The van der Waals surface area contributed by atoms with Gasteiger partial charge >= 0.3 is 6.29 Å². The van der Waals surface area contributed by atoms with E-state index in [2.05, 4.69) is 14.5 Å². The van der Waals surface area contributed by atoms with E-state index in [4.69, 9.17) is 4.74 Å². The molecule has 2 aromatic rings. The van der Waals surface area contributed by atoms with Crippen LogP contribution in [0, 0.1) is 0 Å². The quantitative estimate of drug-likeness (QED) is 0.801. The first-order valence-corrected chi connectivity index (χ1v) is 6.09. The van der Waals surface area contributed by atoms with Crippen molar-refractivity contribution in [3.8, 4) is 11.5 Å². The molecule has 0 bridgehead atoms. The van der Waals surface area contributed by atoms with Crippen molar-refractivity contribution in [2.24, 2.45) is 0 Å². The van der Waals surface area contributed by atoms with Gasteiger partial charge in [-0.15, -0.1) is 8.78 Å². The molecule has 3 heterocycles. The van der Waals surface area contributed by atoms with Gasteiger partial charge in [-0.2, -0.15) is 0 Å². The molecule has 0 spiro atoms. The van der Waals surface area contributed by atoms with Crippen molar-refractivity contribution < 1.29 is 23.0 Å². The fraction of sp³-hybridized carbons (Fsp3) is 0.308. The molecule has 4 rings (SSSR count). The van der Waals surface area contributed by atoms with E-state index in [1.807, 2.05) is 0 Å². The molecule has 1 N–H and O–H groups in total. The summed E-state index contributed by atoms with van der Waals surface area (Å²) in [6.07, 6.45) is -3.10. The molecule has 0 saturated heterocycles. The molecule has 0 amide bonds. The van der Waals surface area contributed by atoms with Crippen LogP contribution in [0.4, 0.5) is 8.78 Å². The van der Waals surface area contributed by atoms with Gasteiger partial charge in [0, 0.05) is 29.1 Å². The standard InChI is InChI=1S/C13H9F2NO4/c14-13(15)19-10-3-6-9(4-11(10)20-13)16-8-1-2-18-5-7(8)12(6)17/h3-4H,1-2,5H2,(H,16,17). The summed E-state index contributed by atoms with van der Waals surface area (Å²) in [4.78, 5) is 15.4. The van der Waals surface area contributed by atoms with Crippen LogP contribution in [0.2, 0.25) is 0 Å². The minimum absolute atomic E-state index is 0.0786. The highest BCUT2D eigenvalue weighted by Crippen LogP contribution is 2.42. The minimum Gasteiger partial charge on any atom is -0.395 e. The van der Waals surface area contributed by atoms with Crippen LogP contribution in [-0.2, 0) is 17.8 Å². The maximum atomic E-state index is 13.0. The van der Waals surface area contributed by atoms with Gasteiger partial charge < -0.3 is 19.2 Å². The first-order valence-electron chi connectivity index (χ1n) is 6.09. The third-order valence-electron chi connectivity index (χ3n) is 3.45. The van der Waals surface area contributed by atoms with E-state index >= 15 is 0 Å². The summed E-state index contributed by atoms with van der Waals surface area (Å²) < 4.78 is 40.1. The Morgan fingerprint density at radius 1 is 1.20 bits per heavy atom. The second-order valence-corrected chi connectivity index (χ2v) is 4.73. The predicted octanol–water partition coefficient (Wildman–Crippen LogP) is 1.92. The molecule has 104 valence electrons. The summed E-state index contributed by atoms with van der Waals surface area (Å²) in [6, 6.07) is 2.64. The highest BCUT2D eigenvalue weighted by molar-refractivity contribution is 5.83. The topological polar surface area (TPSA) is 60.6 Å². The number of aromatic amines is 1. The van der Waals surface area contributed by atoms with Gasteiger partial charge in [0.1, 0.15) is 0 Å². The fourth-order valence-electron chi connectivity index (χ4n) is 2.54. The Morgan fingerprint density at radius 3 is 2.75 bits per heavy atom. The number of H-pyrrole nitrogens is 1. The number of rotatable bonds is 0. The van der Waals surface area contributed by atoms with E-state index in [9.17, 15) is 13.6 Å². The average molecular weight is 281 g/mol. The van der Waals surface area contributed by atoms with E-state index < -0.39 is 6.29 Å². The lowest BCUT2D eigenvalue weighted by atomic mass is 10.1. The Balaban J connectivity index is 1.99. The zero-order chi connectivity index (χ0) is 13.9. The van der Waals surface area contributed by atoms with Crippen molar-refractivity contribution in [3.05, 3.63) is 33.6 Å². The van der Waals surface area contributed by atoms with Crippen LogP contribution in [0.1, 0.15) is 11.3 Å². The lowest BCUT2D eigenvalue weighted by Gasteiger charge is -2.16. The molecule has 20 heavy (non-hydrogen) atoms. The van der Waals surface area contributed by atoms with E-state index in [0.717, 1.165) is 5.69 Å². The lowest BCUT2D eigenvalue weighted by Crippen LogP contribution is -2.25. The molecular weight excluding hydrogens is 272 g/mol. The fourth-order valence-corrected chi connectivity index (χ4v) is 2.54. The van der Waals surface area contributed by atoms with E-state index in [1.165, 1.54) is 12.1 Å². The molecule has 2 aliphatic rings. The van der Waals surface area contributed by atoms with Crippen molar-refractivity contribution in [1.29, 1.82) is 0 Å². The molecule has 1 aromatic carbocycles. The van der Waals surface area contributed by atoms with Crippen LogP contribution in [0.15, 0.2) is 16.9 Å². The third kappa shape index (κ3) is 1.59. The van der Waals surface area contributed by atoms with Crippen molar-refractivity contribution >= 4 is 10.9 Å². The average Bonchev–Trinajstić information content (AvgIpc) is 2.70. The highest BCUT2D eigenvalue weighted by atomic mass is 19.3. The zero-order valence-corrected chi connectivity index (χ0v) is 10.2. The number of halogens is 2. The maximum absolute atomic E-state index is 13.0. The molecule has 0 radical (unpaired) electrons. The van der Waals surface area contributed by atoms with Crippen molar-refractivity contribution in [3.63, 3.8) is 0 Å². The number of benzene rings is 1. The zero-order valence-electron chi connectivity index (χ0n) is 10.2. The summed E-state index contributed by atoms with van der Waals surface area (Å²) >= 11 is 0. The summed E-state index contributed by atoms with van der Waals surface area (Å²) in [7, 11) is 0. The van der Waals surface area contributed by atoms with Crippen LogP contribution in [0.3, 0.4) is 0 Å². The van der Waals surface area contributed by atoms with Crippen molar-refractivity contribution in [2.45, 2.75) is 19.3 Å². The number of alkyl halides is 2. The number of ether oxygens (including phenoxy) is 3. The van der Waals surface area contributed by atoms with Gasteiger partial charge in [0.2, 0.25) is 0 Å². The van der Waals surface area contributed by atoms with Crippen LogP contribution >= 0.6 is 0 Å². The Labute approximate surface area is 111 Å². The Bertz CT molecular complexity index is 784. The Morgan fingerprint density at radius 2 is 1.95 bits per heavy atom. The van der Waals surface area contributed by atoms with Gasteiger partial charge in [-0.25, -0.2) is 0 Å². The van der Waals surface area contributed by atoms with Gasteiger partial charge in [0.25, 0.3) is 0 Å². The van der Waals surface area contributed by atoms with Crippen molar-refractivity contribution in [2.75, 3.05) is 6.61 Å². The van der Waals surface area contributed by atoms with Crippen LogP contribution < -0.4 is 14.9 Å². The monoisotopic (exact) mass is 281 g/mol. The third-order valence-corrected chi connectivity index (χ3v) is 3.45. The molecule has 2 aliphatic heterocycles. The van der Waals surface area contributed by atoms with E-state index in [0.29, 0.717) is 24.1 Å². The van der Waals surface area contributed by atoms with Gasteiger partial charge in [-0.1, -0.05) is 0 Å². The number of hydrogen-bond acceptors (Lipinski definition) is 4. The first kappa shape index (κ1) is 11.7. The number of aromatic nitrogens is 1. The lowest BCUT2D eigenvalue weighted by molar-refractivity contribution is -0.286. The number of fused-ring (bicyclic) bond motifs is 3. The second-order valence-electron chi connectivity index (χ2n) is 4.73. The normalized spacial score (nSPS) is 19.1. The highest BCUT2D eigenvalue weighted by Gasteiger charge is 2.43. The largest absolute Gasteiger partial charge is 0.586 e. The number of hydrogen-bond donors (Lipinski definition) is 1. The summed E-state index contributed by atoms with van der Waals surface area (Å²) in [5, 5.41) is 0.286.